The molecule has 1 saturated carbocycles. The molecule has 9 heteroatoms. The number of carbonyl (C=O) groups is 1. The molecule has 1 saturated heterocycles. The maximum atomic E-state index is 14.5. The molecule has 3 aromatic rings. The molecule has 4 heterocycles. The number of pyridine rings is 1. The molecule has 0 radical (unpaired) electrons. The Balaban J connectivity index is 1.41. The van der Waals surface area contributed by atoms with Gasteiger partial charge in [-0.3, -0.25) is 14.5 Å². The van der Waals surface area contributed by atoms with Crippen molar-refractivity contribution in [2.24, 2.45) is 11.8 Å². The van der Waals surface area contributed by atoms with E-state index in [9.17, 15) is 19.1 Å². The normalized spacial score (nSPS) is 25.8. The van der Waals surface area contributed by atoms with Crippen LogP contribution in [0.2, 0.25) is 0 Å². The van der Waals surface area contributed by atoms with Gasteiger partial charge in [0.1, 0.15) is 12.1 Å². The van der Waals surface area contributed by atoms with E-state index in [0.717, 1.165) is 25.0 Å². The minimum Gasteiger partial charge on any atom is -0.451 e. The Morgan fingerprint density at radius 1 is 1.20 bits per heavy atom. The number of benzene rings is 1. The highest BCUT2D eigenvalue weighted by Crippen LogP contribution is 2.50. The monoisotopic (exact) mass is 478 g/mol. The maximum Gasteiger partial charge on any atom is 0.258 e. The average Bonchev–Trinajstić information content (AvgIpc) is 3.53. The summed E-state index contributed by atoms with van der Waals surface area (Å²) in [6.07, 6.45) is 5.94. The summed E-state index contributed by atoms with van der Waals surface area (Å²) in [6.45, 7) is 0.525. The van der Waals surface area contributed by atoms with Crippen molar-refractivity contribution in [3.8, 4) is 11.1 Å². The standard InChI is InChI=1S/C26H27FN4O4/c27-21-7-2-1-6-17(21)18-8-9-22-23-19(11-30(22)26(18)34)20(12-32)24(25(33)29-15-4-3-5-15)31(23)10-16-13-35-14-28-16/h1-2,6-9,13-15,19-20,23-24,32H,3-5,10-12H2,(H,29,33)/t19-,20-,23+,24-/m0/s1. The van der Waals surface area contributed by atoms with Crippen LogP contribution in [-0.2, 0) is 17.9 Å². The lowest BCUT2D eigenvalue weighted by Crippen LogP contribution is -2.52. The first-order chi connectivity index (χ1) is 17.1. The highest BCUT2D eigenvalue weighted by Gasteiger charge is 2.55. The molecule has 3 aliphatic rings. The summed E-state index contributed by atoms with van der Waals surface area (Å²) in [5, 5.41) is 13.6. The van der Waals surface area contributed by atoms with Crippen molar-refractivity contribution in [2.45, 2.75) is 50.5 Å². The Morgan fingerprint density at radius 3 is 2.71 bits per heavy atom. The number of halogens is 1. The van der Waals surface area contributed by atoms with Gasteiger partial charge < -0.3 is 19.4 Å². The molecule has 8 nitrogen and oxygen atoms in total. The van der Waals surface area contributed by atoms with Crippen LogP contribution in [0.1, 0.15) is 36.7 Å². The first-order valence-corrected chi connectivity index (χ1v) is 12.1. The van der Waals surface area contributed by atoms with Gasteiger partial charge in [0.05, 0.1) is 23.3 Å². The molecule has 35 heavy (non-hydrogen) atoms. The quantitative estimate of drug-likeness (QED) is 0.565. The van der Waals surface area contributed by atoms with Gasteiger partial charge in [-0.1, -0.05) is 18.2 Å². The Kier molecular flexibility index (Phi) is 5.53. The molecule has 0 spiro atoms. The first kappa shape index (κ1) is 22.2. The number of aromatic nitrogens is 2. The van der Waals surface area contributed by atoms with E-state index in [2.05, 4.69) is 10.3 Å². The first-order valence-electron chi connectivity index (χ1n) is 12.1. The van der Waals surface area contributed by atoms with Crippen molar-refractivity contribution in [2.75, 3.05) is 6.61 Å². The Hall–Kier alpha value is -3.30. The zero-order valence-electron chi connectivity index (χ0n) is 19.1. The molecule has 0 unspecified atom stereocenters. The highest BCUT2D eigenvalue weighted by atomic mass is 19.1. The summed E-state index contributed by atoms with van der Waals surface area (Å²) in [5.41, 5.74) is 1.74. The molecule has 182 valence electrons. The summed E-state index contributed by atoms with van der Waals surface area (Å²) >= 11 is 0. The number of amides is 1. The summed E-state index contributed by atoms with van der Waals surface area (Å²) in [4.78, 5) is 33.2. The molecular weight excluding hydrogens is 451 g/mol. The van der Waals surface area contributed by atoms with Crippen LogP contribution in [-0.4, -0.2) is 44.2 Å². The highest BCUT2D eigenvalue weighted by molar-refractivity contribution is 5.83. The maximum absolute atomic E-state index is 14.5. The smallest absolute Gasteiger partial charge is 0.258 e. The Morgan fingerprint density at radius 2 is 2.03 bits per heavy atom. The third-order valence-electron chi connectivity index (χ3n) is 7.90. The molecule has 2 aliphatic heterocycles. The summed E-state index contributed by atoms with van der Waals surface area (Å²) in [5.74, 6) is -1.05. The second-order valence-electron chi connectivity index (χ2n) is 9.76. The number of hydrogen-bond donors (Lipinski definition) is 2. The molecule has 6 rings (SSSR count). The van der Waals surface area contributed by atoms with Crippen LogP contribution in [0.5, 0.6) is 0 Å². The van der Waals surface area contributed by atoms with E-state index in [4.69, 9.17) is 4.42 Å². The van der Waals surface area contributed by atoms with Gasteiger partial charge in [0.2, 0.25) is 5.91 Å². The summed E-state index contributed by atoms with van der Waals surface area (Å²) < 4.78 is 21.3. The molecule has 1 aliphatic carbocycles. The lowest BCUT2D eigenvalue weighted by atomic mass is 9.87. The third kappa shape index (κ3) is 3.61. The molecule has 1 aromatic carbocycles. The van der Waals surface area contributed by atoms with Crippen molar-refractivity contribution in [3.63, 3.8) is 0 Å². The Labute approximate surface area is 201 Å². The van der Waals surface area contributed by atoms with Gasteiger partial charge in [-0.05, 0) is 37.5 Å². The van der Waals surface area contributed by atoms with Crippen molar-refractivity contribution < 1.29 is 18.7 Å². The minimum absolute atomic E-state index is 0.0940. The molecule has 2 N–H and O–H groups in total. The van der Waals surface area contributed by atoms with Gasteiger partial charge in [-0.25, -0.2) is 9.37 Å². The lowest BCUT2D eigenvalue weighted by Gasteiger charge is -2.33. The van der Waals surface area contributed by atoms with Gasteiger partial charge in [-0.15, -0.1) is 0 Å². The van der Waals surface area contributed by atoms with E-state index < -0.39 is 11.9 Å². The molecule has 2 fully saturated rings. The fraction of sp³-hybridized carbons (Fsp3) is 0.423. The number of nitrogens with zero attached hydrogens (tertiary/aromatic N) is 3. The van der Waals surface area contributed by atoms with E-state index in [1.54, 1.807) is 35.1 Å². The van der Waals surface area contributed by atoms with E-state index in [-0.39, 0.29) is 47.6 Å². The predicted molar refractivity (Wildman–Crippen MR) is 125 cm³/mol. The Bertz CT molecular complexity index is 1300. The SMILES string of the molecule is O=C(NC1CCC1)[C@@H]1[C@@H](CO)[C@@H]2Cn3c(ccc(-c4ccccc4F)c3=O)[C@@H]2N1Cc1cocn1. The lowest BCUT2D eigenvalue weighted by molar-refractivity contribution is -0.129. The van der Waals surface area contributed by atoms with Crippen LogP contribution in [0.25, 0.3) is 11.1 Å². The fourth-order valence-corrected chi connectivity index (χ4v) is 6.01. The second-order valence-corrected chi connectivity index (χ2v) is 9.76. The summed E-state index contributed by atoms with van der Waals surface area (Å²) in [7, 11) is 0. The molecule has 2 aromatic heterocycles. The van der Waals surface area contributed by atoms with Crippen LogP contribution in [0.3, 0.4) is 0 Å². The van der Waals surface area contributed by atoms with Gasteiger partial charge in [0, 0.05) is 48.8 Å². The van der Waals surface area contributed by atoms with Gasteiger partial charge in [0.25, 0.3) is 5.56 Å². The summed E-state index contributed by atoms with van der Waals surface area (Å²) in [6, 6.07) is 9.12. The van der Waals surface area contributed by atoms with E-state index >= 15 is 0 Å². The second kappa shape index (κ2) is 8.73. The van der Waals surface area contributed by atoms with Gasteiger partial charge in [-0.2, -0.15) is 0 Å². The largest absolute Gasteiger partial charge is 0.451 e. The van der Waals surface area contributed by atoms with Crippen molar-refractivity contribution in [3.05, 3.63) is 76.6 Å². The number of fused-ring (bicyclic) bond motifs is 3. The average molecular weight is 479 g/mol. The van der Waals surface area contributed by atoms with Crippen LogP contribution in [0, 0.1) is 17.7 Å². The number of oxazole rings is 1. The van der Waals surface area contributed by atoms with Crippen LogP contribution < -0.4 is 10.9 Å². The molecule has 4 atom stereocenters. The molecule has 0 bridgehead atoms. The molecular formula is C26H27FN4O4. The van der Waals surface area contributed by atoms with Crippen molar-refractivity contribution in [1.29, 1.82) is 0 Å². The fourth-order valence-electron chi connectivity index (χ4n) is 6.01. The number of rotatable bonds is 6. The van der Waals surface area contributed by atoms with Gasteiger partial charge >= 0.3 is 0 Å². The molecule has 1 amide bonds. The van der Waals surface area contributed by atoms with Gasteiger partial charge in [0.15, 0.2) is 6.39 Å². The van der Waals surface area contributed by atoms with E-state index in [0.29, 0.717) is 24.3 Å². The van der Waals surface area contributed by atoms with Crippen LogP contribution in [0.4, 0.5) is 4.39 Å². The van der Waals surface area contributed by atoms with Crippen molar-refractivity contribution in [1.82, 2.24) is 19.8 Å². The number of nitrogens with one attached hydrogen (secondary N) is 1. The predicted octanol–water partition coefficient (Wildman–Crippen LogP) is 2.47. The van der Waals surface area contributed by atoms with E-state index in [1.807, 2.05) is 11.0 Å². The van der Waals surface area contributed by atoms with Crippen LogP contribution >= 0.6 is 0 Å². The van der Waals surface area contributed by atoms with Crippen molar-refractivity contribution >= 4 is 5.91 Å². The topological polar surface area (TPSA) is 101 Å². The number of aliphatic hydroxyl groups excluding tert-OH is 1. The number of hydrogen-bond acceptors (Lipinski definition) is 6. The number of carbonyl (C=O) groups excluding carboxylic acids is 1. The number of likely N-dealkylation sites (tertiary alicyclic amines) is 1. The van der Waals surface area contributed by atoms with Crippen LogP contribution in [0.15, 0.2) is 58.3 Å². The van der Waals surface area contributed by atoms with E-state index in [1.165, 1.54) is 12.5 Å². The zero-order valence-corrected chi connectivity index (χ0v) is 19.1. The third-order valence-corrected chi connectivity index (χ3v) is 7.90. The zero-order chi connectivity index (χ0) is 24.1. The minimum atomic E-state index is -0.553. The number of aliphatic hydroxyl groups is 1.